The molecular weight excluding hydrogens is 264 g/mol. The minimum Gasteiger partial charge on any atom is -0.397 e. The van der Waals surface area contributed by atoms with Gasteiger partial charge in [-0.25, -0.2) is 0 Å². The number of likely N-dealkylation sites (tertiary alicyclic amines) is 1. The van der Waals surface area contributed by atoms with Crippen molar-refractivity contribution in [2.45, 2.75) is 25.7 Å². The standard InChI is InChI=1S/C16H24N4O/c1-20-6-2-3-11(10-20)9-18-15-8-14-12(7-13(15)17)4-5-16(21)19-14/h7-8,11,18H,2-6,9-10,17H2,1H3,(H,19,21). The van der Waals surface area contributed by atoms with E-state index in [1.54, 1.807) is 0 Å². The van der Waals surface area contributed by atoms with Gasteiger partial charge in [0.05, 0.1) is 11.4 Å². The number of nitrogen functional groups attached to an aromatic ring is 1. The number of hydrogen-bond donors (Lipinski definition) is 3. The largest absolute Gasteiger partial charge is 0.397 e. The second-order valence-electron chi connectivity index (χ2n) is 6.30. The van der Waals surface area contributed by atoms with Gasteiger partial charge in [-0.1, -0.05) is 0 Å². The molecule has 1 atom stereocenters. The van der Waals surface area contributed by atoms with Crippen LogP contribution >= 0.6 is 0 Å². The molecule has 2 heterocycles. The molecule has 3 rings (SSSR count). The maximum Gasteiger partial charge on any atom is 0.224 e. The maximum absolute atomic E-state index is 11.5. The number of rotatable bonds is 3. The van der Waals surface area contributed by atoms with Gasteiger partial charge in [-0.2, -0.15) is 0 Å². The molecule has 0 saturated carbocycles. The SMILES string of the molecule is CN1CCCC(CNc2cc3c(cc2N)CCC(=O)N3)C1. The number of nitrogens with zero attached hydrogens (tertiary/aromatic N) is 1. The van der Waals surface area contributed by atoms with Crippen LogP contribution in [0.15, 0.2) is 12.1 Å². The smallest absolute Gasteiger partial charge is 0.224 e. The molecule has 1 unspecified atom stereocenters. The van der Waals surface area contributed by atoms with Crippen LogP contribution in [0.1, 0.15) is 24.8 Å². The fourth-order valence-electron chi connectivity index (χ4n) is 3.29. The van der Waals surface area contributed by atoms with Gasteiger partial charge in [0, 0.05) is 25.2 Å². The van der Waals surface area contributed by atoms with Gasteiger partial charge in [0.15, 0.2) is 0 Å². The molecule has 2 aliphatic rings. The Hall–Kier alpha value is -1.75. The average molecular weight is 288 g/mol. The van der Waals surface area contributed by atoms with Crippen molar-refractivity contribution in [3.8, 4) is 0 Å². The van der Waals surface area contributed by atoms with E-state index in [1.807, 2.05) is 12.1 Å². The van der Waals surface area contributed by atoms with E-state index >= 15 is 0 Å². The summed E-state index contributed by atoms with van der Waals surface area (Å²) in [5.41, 5.74) is 9.88. The topological polar surface area (TPSA) is 70.4 Å². The molecule has 0 aliphatic carbocycles. The molecule has 4 N–H and O–H groups in total. The number of amides is 1. The maximum atomic E-state index is 11.5. The number of fused-ring (bicyclic) bond motifs is 1. The lowest BCUT2D eigenvalue weighted by Crippen LogP contribution is -2.35. The van der Waals surface area contributed by atoms with Gasteiger partial charge in [-0.3, -0.25) is 4.79 Å². The van der Waals surface area contributed by atoms with Gasteiger partial charge >= 0.3 is 0 Å². The normalized spacial score (nSPS) is 22.5. The first-order valence-electron chi connectivity index (χ1n) is 7.76. The van der Waals surface area contributed by atoms with Crippen molar-refractivity contribution in [2.75, 3.05) is 43.0 Å². The van der Waals surface area contributed by atoms with Crippen molar-refractivity contribution in [3.05, 3.63) is 17.7 Å². The van der Waals surface area contributed by atoms with E-state index in [9.17, 15) is 4.79 Å². The molecule has 5 nitrogen and oxygen atoms in total. The van der Waals surface area contributed by atoms with Crippen molar-refractivity contribution in [1.82, 2.24) is 4.90 Å². The molecule has 1 fully saturated rings. The van der Waals surface area contributed by atoms with E-state index in [0.29, 0.717) is 12.3 Å². The molecule has 21 heavy (non-hydrogen) atoms. The van der Waals surface area contributed by atoms with Crippen LogP contribution in [0.3, 0.4) is 0 Å². The number of nitrogens with two attached hydrogens (primary N) is 1. The summed E-state index contributed by atoms with van der Waals surface area (Å²) in [6.45, 7) is 3.26. The van der Waals surface area contributed by atoms with Crippen LogP contribution in [0, 0.1) is 5.92 Å². The number of aryl methyl sites for hydroxylation is 1. The van der Waals surface area contributed by atoms with Crippen molar-refractivity contribution in [3.63, 3.8) is 0 Å². The third kappa shape index (κ3) is 3.29. The van der Waals surface area contributed by atoms with Gasteiger partial charge in [0.25, 0.3) is 0 Å². The highest BCUT2D eigenvalue weighted by Crippen LogP contribution is 2.31. The summed E-state index contributed by atoms with van der Waals surface area (Å²) < 4.78 is 0. The monoisotopic (exact) mass is 288 g/mol. The fraction of sp³-hybridized carbons (Fsp3) is 0.562. The van der Waals surface area contributed by atoms with E-state index < -0.39 is 0 Å². The molecule has 1 amide bonds. The Kier molecular flexibility index (Phi) is 4.01. The molecule has 1 saturated heterocycles. The number of carbonyl (C=O) groups excluding carboxylic acids is 1. The zero-order valence-electron chi connectivity index (χ0n) is 12.6. The van der Waals surface area contributed by atoms with E-state index in [-0.39, 0.29) is 5.91 Å². The molecule has 0 aromatic heterocycles. The summed E-state index contributed by atoms with van der Waals surface area (Å²) >= 11 is 0. The highest BCUT2D eigenvalue weighted by Gasteiger charge is 2.19. The van der Waals surface area contributed by atoms with Gasteiger partial charge < -0.3 is 21.3 Å². The van der Waals surface area contributed by atoms with Crippen molar-refractivity contribution >= 4 is 23.0 Å². The van der Waals surface area contributed by atoms with Crippen LogP contribution in [-0.4, -0.2) is 37.5 Å². The molecule has 0 radical (unpaired) electrons. The predicted octanol–water partition coefficient (Wildman–Crippen LogP) is 1.91. The van der Waals surface area contributed by atoms with Gasteiger partial charge in [-0.05, 0) is 56.5 Å². The van der Waals surface area contributed by atoms with Crippen molar-refractivity contribution < 1.29 is 4.79 Å². The molecule has 0 bridgehead atoms. The summed E-state index contributed by atoms with van der Waals surface area (Å²) in [4.78, 5) is 13.9. The van der Waals surface area contributed by atoms with Crippen LogP contribution in [0.2, 0.25) is 0 Å². The minimum atomic E-state index is 0.0899. The Labute approximate surface area is 125 Å². The molecule has 0 spiro atoms. The third-order valence-electron chi connectivity index (χ3n) is 4.47. The summed E-state index contributed by atoms with van der Waals surface area (Å²) in [6.07, 6.45) is 3.85. The van der Waals surface area contributed by atoms with E-state index in [0.717, 1.165) is 42.1 Å². The molecule has 1 aromatic carbocycles. The van der Waals surface area contributed by atoms with Gasteiger partial charge in [0.2, 0.25) is 5.91 Å². The number of hydrogen-bond acceptors (Lipinski definition) is 4. The Morgan fingerprint density at radius 1 is 1.43 bits per heavy atom. The second kappa shape index (κ2) is 5.93. The molecule has 2 aliphatic heterocycles. The number of anilines is 3. The van der Waals surface area contributed by atoms with Crippen LogP contribution in [0.25, 0.3) is 0 Å². The Morgan fingerprint density at radius 3 is 3.10 bits per heavy atom. The van der Waals surface area contributed by atoms with Crippen LogP contribution in [0.5, 0.6) is 0 Å². The Morgan fingerprint density at radius 2 is 2.29 bits per heavy atom. The number of nitrogens with one attached hydrogen (secondary N) is 2. The highest BCUT2D eigenvalue weighted by molar-refractivity contribution is 5.95. The zero-order valence-corrected chi connectivity index (χ0v) is 12.6. The number of piperidine rings is 1. The second-order valence-corrected chi connectivity index (χ2v) is 6.30. The first-order chi connectivity index (χ1) is 10.1. The number of benzene rings is 1. The predicted molar refractivity (Wildman–Crippen MR) is 86.5 cm³/mol. The summed E-state index contributed by atoms with van der Waals surface area (Å²) in [5.74, 6) is 0.751. The van der Waals surface area contributed by atoms with Crippen LogP contribution in [-0.2, 0) is 11.2 Å². The Bertz CT molecular complexity index is 543. The summed E-state index contributed by atoms with van der Waals surface area (Å²) in [7, 11) is 2.18. The molecular formula is C16H24N4O. The minimum absolute atomic E-state index is 0.0899. The molecule has 5 heteroatoms. The highest BCUT2D eigenvalue weighted by atomic mass is 16.1. The first-order valence-corrected chi connectivity index (χ1v) is 7.76. The molecule has 1 aromatic rings. The lowest BCUT2D eigenvalue weighted by atomic mass is 9.98. The third-order valence-corrected chi connectivity index (χ3v) is 4.47. The lowest BCUT2D eigenvalue weighted by molar-refractivity contribution is -0.116. The van der Waals surface area contributed by atoms with E-state index in [1.165, 1.54) is 19.4 Å². The number of carbonyl (C=O) groups is 1. The fourth-order valence-corrected chi connectivity index (χ4v) is 3.29. The first kappa shape index (κ1) is 14.2. The van der Waals surface area contributed by atoms with Crippen molar-refractivity contribution in [2.24, 2.45) is 5.92 Å². The van der Waals surface area contributed by atoms with Gasteiger partial charge in [-0.15, -0.1) is 0 Å². The van der Waals surface area contributed by atoms with Gasteiger partial charge in [0.1, 0.15) is 0 Å². The van der Waals surface area contributed by atoms with Crippen LogP contribution in [0.4, 0.5) is 17.1 Å². The lowest BCUT2D eigenvalue weighted by Gasteiger charge is -2.30. The molecule has 114 valence electrons. The van der Waals surface area contributed by atoms with Crippen LogP contribution < -0.4 is 16.4 Å². The summed E-state index contributed by atoms with van der Waals surface area (Å²) in [5, 5.41) is 6.39. The summed E-state index contributed by atoms with van der Waals surface area (Å²) in [6, 6.07) is 3.97. The average Bonchev–Trinajstić information content (AvgIpc) is 2.45. The van der Waals surface area contributed by atoms with Crippen molar-refractivity contribution in [1.29, 1.82) is 0 Å². The zero-order chi connectivity index (χ0) is 14.8. The van der Waals surface area contributed by atoms with E-state index in [4.69, 9.17) is 5.73 Å². The van der Waals surface area contributed by atoms with E-state index in [2.05, 4.69) is 22.6 Å². The Balaban J connectivity index is 1.67. The quantitative estimate of drug-likeness (QED) is 0.743.